The highest BCUT2D eigenvalue weighted by molar-refractivity contribution is 7.91. The van der Waals surface area contributed by atoms with E-state index in [1.807, 2.05) is 19.1 Å². The first-order chi connectivity index (χ1) is 12.4. The van der Waals surface area contributed by atoms with Crippen LogP contribution in [0.2, 0.25) is 0 Å². The van der Waals surface area contributed by atoms with Gasteiger partial charge in [-0.25, -0.2) is 13.4 Å². The Hall–Kier alpha value is -2.87. The van der Waals surface area contributed by atoms with Crippen molar-refractivity contribution in [3.63, 3.8) is 0 Å². The van der Waals surface area contributed by atoms with E-state index in [2.05, 4.69) is 10.3 Å². The van der Waals surface area contributed by atoms with Crippen molar-refractivity contribution in [3.8, 4) is 5.75 Å². The number of rotatable bonds is 6. The summed E-state index contributed by atoms with van der Waals surface area (Å²) in [5.74, 6) is -0.0188. The summed E-state index contributed by atoms with van der Waals surface area (Å²) in [7, 11) is -1.98. The van der Waals surface area contributed by atoms with Gasteiger partial charge in [-0.2, -0.15) is 0 Å². The number of hydrogen-bond acceptors (Lipinski definition) is 5. The molecule has 0 unspecified atom stereocenters. The maximum Gasteiger partial charge on any atom is 0.271 e. The highest BCUT2D eigenvalue weighted by Gasteiger charge is 2.16. The Balaban J connectivity index is 1.64. The third-order valence-electron chi connectivity index (χ3n) is 3.99. The summed E-state index contributed by atoms with van der Waals surface area (Å²) < 4.78 is 31.4. The van der Waals surface area contributed by atoms with E-state index < -0.39 is 15.7 Å². The van der Waals surface area contributed by atoms with Crippen LogP contribution in [-0.4, -0.2) is 43.1 Å². The van der Waals surface area contributed by atoms with Gasteiger partial charge in [-0.3, -0.25) is 4.79 Å². The summed E-state index contributed by atoms with van der Waals surface area (Å²) in [6, 6.07) is 9.93. The molecule has 0 saturated carbocycles. The molecule has 0 aliphatic rings. The average Bonchev–Trinajstić information content (AvgIpc) is 3.07. The molecule has 1 N–H and O–H groups in total. The predicted octanol–water partition coefficient (Wildman–Crippen LogP) is 1.86. The lowest BCUT2D eigenvalue weighted by Gasteiger charge is -2.06. The molecule has 0 saturated heterocycles. The standard InChI is InChI=1S/C18H19N3O4S/c1-13-4-3-10-21-12-16(20-17(13)21)18(22)19-9-11-26(23,24)15-7-5-14(25-2)6-8-15/h3-8,10,12H,9,11H2,1-2H3,(H,19,22). The first kappa shape index (κ1) is 17.9. The van der Waals surface area contributed by atoms with E-state index in [9.17, 15) is 13.2 Å². The van der Waals surface area contributed by atoms with Crippen LogP contribution in [0.4, 0.5) is 0 Å². The third kappa shape index (κ3) is 3.70. The average molecular weight is 373 g/mol. The molecule has 0 bridgehead atoms. The molecule has 136 valence electrons. The van der Waals surface area contributed by atoms with Crippen LogP contribution in [0, 0.1) is 6.92 Å². The SMILES string of the molecule is COc1ccc(S(=O)(=O)CCNC(=O)c2cn3cccc(C)c3n2)cc1. The molecule has 3 aromatic rings. The van der Waals surface area contributed by atoms with E-state index in [-0.39, 0.29) is 22.9 Å². The summed E-state index contributed by atoms with van der Waals surface area (Å²) in [6.07, 6.45) is 3.43. The zero-order valence-corrected chi connectivity index (χ0v) is 15.3. The minimum absolute atomic E-state index is 0.0000495. The molecule has 0 aliphatic carbocycles. The number of methoxy groups -OCH3 is 1. The van der Waals surface area contributed by atoms with Crippen LogP contribution in [0.5, 0.6) is 5.75 Å². The fourth-order valence-electron chi connectivity index (χ4n) is 2.55. The number of ether oxygens (including phenoxy) is 1. The molecule has 0 aliphatic heterocycles. The van der Waals surface area contributed by atoms with Crippen molar-refractivity contribution in [1.29, 1.82) is 0 Å². The zero-order chi connectivity index (χ0) is 18.7. The van der Waals surface area contributed by atoms with Crippen LogP contribution in [0.15, 0.2) is 53.7 Å². The quantitative estimate of drug-likeness (QED) is 0.712. The van der Waals surface area contributed by atoms with Crippen molar-refractivity contribution in [2.45, 2.75) is 11.8 Å². The highest BCUT2D eigenvalue weighted by Crippen LogP contribution is 2.16. The first-order valence-electron chi connectivity index (χ1n) is 8.00. The van der Waals surface area contributed by atoms with Crippen LogP contribution in [-0.2, 0) is 9.84 Å². The fourth-order valence-corrected chi connectivity index (χ4v) is 3.71. The second-order valence-corrected chi connectivity index (χ2v) is 7.91. The van der Waals surface area contributed by atoms with Gasteiger partial charge in [0.2, 0.25) is 0 Å². The Labute approximate surface area is 151 Å². The van der Waals surface area contributed by atoms with E-state index in [0.717, 1.165) is 5.56 Å². The molecule has 7 nitrogen and oxygen atoms in total. The van der Waals surface area contributed by atoms with E-state index in [1.165, 1.54) is 19.2 Å². The predicted molar refractivity (Wildman–Crippen MR) is 97.3 cm³/mol. The van der Waals surface area contributed by atoms with Gasteiger partial charge >= 0.3 is 0 Å². The van der Waals surface area contributed by atoms with Gasteiger partial charge in [-0.1, -0.05) is 6.07 Å². The van der Waals surface area contributed by atoms with Gasteiger partial charge in [0.1, 0.15) is 17.1 Å². The molecule has 2 heterocycles. The van der Waals surface area contributed by atoms with Gasteiger partial charge in [0.25, 0.3) is 5.91 Å². The number of nitrogens with one attached hydrogen (secondary N) is 1. The van der Waals surface area contributed by atoms with Gasteiger partial charge in [-0.15, -0.1) is 0 Å². The van der Waals surface area contributed by atoms with Crippen molar-refractivity contribution >= 4 is 21.4 Å². The lowest BCUT2D eigenvalue weighted by molar-refractivity contribution is 0.0952. The van der Waals surface area contributed by atoms with Crippen molar-refractivity contribution < 1.29 is 17.9 Å². The number of aryl methyl sites for hydroxylation is 1. The molecule has 8 heteroatoms. The van der Waals surface area contributed by atoms with E-state index >= 15 is 0 Å². The fraction of sp³-hybridized carbons (Fsp3) is 0.222. The highest BCUT2D eigenvalue weighted by atomic mass is 32.2. The van der Waals surface area contributed by atoms with E-state index in [1.54, 1.807) is 28.9 Å². The van der Waals surface area contributed by atoms with E-state index in [0.29, 0.717) is 11.4 Å². The van der Waals surface area contributed by atoms with Gasteiger partial charge < -0.3 is 14.5 Å². The van der Waals surface area contributed by atoms with Crippen LogP contribution >= 0.6 is 0 Å². The summed E-state index contributed by atoms with van der Waals surface area (Å²) in [5.41, 5.74) is 1.90. The molecule has 1 aromatic carbocycles. The van der Waals surface area contributed by atoms with Crippen molar-refractivity contribution in [3.05, 3.63) is 60.0 Å². The monoisotopic (exact) mass is 373 g/mol. The number of sulfone groups is 1. The number of aromatic nitrogens is 2. The largest absolute Gasteiger partial charge is 0.497 e. The number of imidazole rings is 1. The minimum atomic E-state index is -3.49. The number of amides is 1. The number of fused-ring (bicyclic) bond motifs is 1. The summed E-state index contributed by atoms with van der Waals surface area (Å²) in [4.78, 5) is 16.7. The normalized spacial score (nSPS) is 11.5. The van der Waals surface area contributed by atoms with Gasteiger partial charge in [0, 0.05) is 18.9 Å². The Kier molecular flexibility index (Phi) is 4.94. The maximum atomic E-state index is 12.3. The van der Waals surface area contributed by atoms with Crippen LogP contribution in [0.1, 0.15) is 16.1 Å². The van der Waals surface area contributed by atoms with Crippen LogP contribution < -0.4 is 10.1 Å². The molecular formula is C18H19N3O4S. The maximum absolute atomic E-state index is 12.3. The van der Waals surface area contributed by atoms with Gasteiger partial charge in [0.05, 0.1) is 17.8 Å². The number of pyridine rings is 1. The summed E-state index contributed by atoms with van der Waals surface area (Å²) in [5, 5.41) is 2.61. The number of nitrogens with zero attached hydrogens (tertiary/aromatic N) is 2. The molecule has 1 amide bonds. The van der Waals surface area contributed by atoms with Crippen LogP contribution in [0.25, 0.3) is 5.65 Å². The molecule has 0 spiro atoms. The Morgan fingerprint density at radius 1 is 1.23 bits per heavy atom. The van der Waals surface area contributed by atoms with Crippen LogP contribution in [0.3, 0.4) is 0 Å². The van der Waals surface area contributed by atoms with Gasteiger partial charge in [0.15, 0.2) is 9.84 Å². The lowest BCUT2D eigenvalue weighted by Crippen LogP contribution is -2.29. The Morgan fingerprint density at radius 3 is 2.62 bits per heavy atom. The van der Waals surface area contributed by atoms with Crippen molar-refractivity contribution in [2.24, 2.45) is 0 Å². The molecule has 0 radical (unpaired) electrons. The zero-order valence-electron chi connectivity index (χ0n) is 14.5. The minimum Gasteiger partial charge on any atom is -0.497 e. The number of carbonyl (C=O) groups excluding carboxylic acids is 1. The van der Waals surface area contributed by atoms with Crippen molar-refractivity contribution in [1.82, 2.24) is 14.7 Å². The van der Waals surface area contributed by atoms with Gasteiger partial charge in [-0.05, 0) is 42.8 Å². The first-order valence-corrected chi connectivity index (χ1v) is 9.65. The third-order valence-corrected chi connectivity index (χ3v) is 5.72. The smallest absolute Gasteiger partial charge is 0.271 e. The molecule has 3 rings (SSSR count). The topological polar surface area (TPSA) is 89.8 Å². The van der Waals surface area contributed by atoms with Crippen molar-refractivity contribution in [2.75, 3.05) is 19.4 Å². The summed E-state index contributed by atoms with van der Waals surface area (Å²) >= 11 is 0. The second-order valence-electron chi connectivity index (χ2n) is 5.80. The number of benzene rings is 1. The second kappa shape index (κ2) is 7.17. The molecule has 0 atom stereocenters. The molecular weight excluding hydrogens is 354 g/mol. The molecule has 0 fully saturated rings. The summed E-state index contributed by atoms with van der Waals surface area (Å²) in [6.45, 7) is 1.91. The number of carbonyl (C=O) groups is 1. The molecule has 2 aromatic heterocycles. The van der Waals surface area contributed by atoms with E-state index in [4.69, 9.17) is 4.74 Å². The Bertz CT molecular complexity index is 1040. The Morgan fingerprint density at radius 2 is 1.96 bits per heavy atom. The lowest BCUT2D eigenvalue weighted by atomic mass is 10.3. The molecule has 26 heavy (non-hydrogen) atoms. The number of hydrogen-bond donors (Lipinski definition) is 1.